The zero-order valence-corrected chi connectivity index (χ0v) is 13.7. The van der Waals surface area contributed by atoms with Crippen LogP contribution in [-0.4, -0.2) is 5.97 Å². The number of benzene rings is 1. The maximum Gasteiger partial charge on any atom is 0.313 e. The molecular formula is C21H24O2. The lowest BCUT2D eigenvalue weighted by molar-refractivity contribution is -0.167. The topological polar surface area (TPSA) is 26.3 Å². The van der Waals surface area contributed by atoms with Gasteiger partial charge in [0, 0.05) is 0 Å². The Morgan fingerprint density at radius 1 is 1.17 bits per heavy atom. The third-order valence-electron chi connectivity index (χ3n) is 7.39. The Kier molecular flexibility index (Phi) is 2.84. The number of esters is 1. The predicted molar refractivity (Wildman–Crippen MR) is 88.3 cm³/mol. The van der Waals surface area contributed by atoms with Gasteiger partial charge < -0.3 is 4.74 Å². The van der Waals surface area contributed by atoms with Gasteiger partial charge in [-0.15, -0.1) is 0 Å². The van der Waals surface area contributed by atoms with Gasteiger partial charge in [-0.2, -0.15) is 0 Å². The second-order valence-corrected chi connectivity index (χ2v) is 8.22. The molecule has 0 radical (unpaired) electrons. The van der Waals surface area contributed by atoms with Crippen LogP contribution in [0.4, 0.5) is 0 Å². The molecule has 2 heteroatoms. The van der Waals surface area contributed by atoms with Gasteiger partial charge in [0.05, 0.1) is 5.41 Å². The van der Waals surface area contributed by atoms with Crippen molar-refractivity contribution in [3.8, 4) is 0 Å². The van der Waals surface area contributed by atoms with E-state index in [0.29, 0.717) is 30.3 Å². The maximum atomic E-state index is 13.3. The van der Waals surface area contributed by atoms with Crippen molar-refractivity contribution in [2.24, 2.45) is 40.9 Å². The molecule has 0 aromatic heterocycles. The van der Waals surface area contributed by atoms with Gasteiger partial charge in [-0.1, -0.05) is 49.4 Å². The van der Waals surface area contributed by atoms with Crippen molar-refractivity contribution in [3.05, 3.63) is 48.0 Å². The van der Waals surface area contributed by atoms with Gasteiger partial charge in [-0.05, 0) is 60.3 Å². The first-order valence-corrected chi connectivity index (χ1v) is 9.10. The second-order valence-electron chi connectivity index (χ2n) is 8.22. The van der Waals surface area contributed by atoms with E-state index >= 15 is 0 Å². The molecule has 1 aromatic rings. The largest absolute Gasteiger partial charge is 0.460 e. The van der Waals surface area contributed by atoms with Crippen molar-refractivity contribution in [1.82, 2.24) is 0 Å². The third-order valence-corrected chi connectivity index (χ3v) is 7.39. The van der Waals surface area contributed by atoms with Gasteiger partial charge in [0.1, 0.15) is 6.61 Å². The highest BCUT2D eigenvalue weighted by atomic mass is 16.5. The molecule has 0 spiro atoms. The number of hydrogen-bond acceptors (Lipinski definition) is 2. The van der Waals surface area contributed by atoms with Crippen molar-refractivity contribution in [1.29, 1.82) is 0 Å². The van der Waals surface area contributed by atoms with Crippen LogP contribution in [-0.2, 0) is 16.1 Å². The fraction of sp³-hybridized carbons (Fsp3) is 0.571. The van der Waals surface area contributed by atoms with E-state index in [9.17, 15) is 4.79 Å². The van der Waals surface area contributed by atoms with E-state index in [1.165, 1.54) is 19.3 Å². The van der Waals surface area contributed by atoms with Crippen LogP contribution in [0, 0.1) is 40.9 Å². The van der Waals surface area contributed by atoms with Crippen LogP contribution in [0.5, 0.6) is 0 Å². The molecule has 4 aliphatic carbocycles. The Labute approximate surface area is 137 Å². The molecule has 4 bridgehead atoms. The van der Waals surface area contributed by atoms with Crippen LogP contribution >= 0.6 is 0 Å². The molecule has 7 atom stereocenters. The molecule has 2 nitrogen and oxygen atoms in total. The van der Waals surface area contributed by atoms with E-state index < -0.39 is 0 Å². The molecule has 23 heavy (non-hydrogen) atoms. The zero-order chi connectivity index (χ0) is 15.6. The molecule has 7 unspecified atom stereocenters. The van der Waals surface area contributed by atoms with Crippen molar-refractivity contribution in [3.63, 3.8) is 0 Å². The Balaban J connectivity index is 1.44. The monoisotopic (exact) mass is 308 g/mol. The van der Waals surface area contributed by atoms with Crippen molar-refractivity contribution >= 4 is 5.97 Å². The highest BCUT2D eigenvalue weighted by Gasteiger charge is 2.73. The SMILES string of the molecule is CC1CC2CC1C1C3C=CC(C3)C21C(=O)OCc1ccccc1. The molecule has 3 saturated carbocycles. The molecule has 0 saturated heterocycles. The number of carbonyl (C=O) groups excluding carboxylic acids is 1. The van der Waals surface area contributed by atoms with Crippen molar-refractivity contribution < 1.29 is 9.53 Å². The van der Waals surface area contributed by atoms with Gasteiger partial charge in [0.2, 0.25) is 0 Å². The molecule has 0 aliphatic heterocycles. The highest BCUT2D eigenvalue weighted by Crippen LogP contribution is 2.73. The smallest absolute Gasteiger partial charge is 0.313 e. The molecule has 4 aliphatic rings. The second kappa shape index (κ2) is 4.72. The molecule has 3 fully saturated rings. The normalized spacial score (nSPS) is 45.4. The maximum absolute atomic E-state index is 13.3. The number of rotatable bonds is 3. The van der Waals surface area contributed by atoms with E-state index in [4.69, 9.17) is 4.74 Å². The number of ether oxygens (including phenoxy) is 1. The molecule has 1 aromatic carbocycles. The summed E-state index contributed by atoms with van der Waals surface area (Å²) in [4.78, 5) is 13.3. The first-order valence-electron chi connectivity index (χ1n) is 9.10. The van der Waals surface area contributed by atoms with E-state index in [2.05, 4.69) is 19.1 Å². The minimum Gasteiger partial charge on any atom is -0.460 e. The zero-order valence-electron chi connectivity index (χ0n) is 13.7. The minimum atomic E-state index is -0.189. The molecule has 5 rings (SSSR count). The average molecular weight is 308 g/mol. The van der Waals surface area contributed by atoms with Crippen LogP contribution in [0.15, 0.2) is 42.5 Å². The summed E-state index contributed by atoms with van der Waals surface area (Å²) < 4.78 is 5.88. The van der Waals surface area contributed by atoms with Crippen LogP contribution < -0.4 is 0 Å². The Hall–Kier alpha value is -1.57. The Morgan fingerprint density at radius 3 is 2.83 bits per heavy atom. The summed E-state index contributed by atoms with van der Waals surface area (Å²) in [5, 5.41) is 0. The molecule has 0 amide bonds. The standard InChI is InChI=1S/C21H24O2/c1-13-9-17-11-18(13)19-15-7-8-16(10-15)21(17,19)20(22)23-12-14-5-3-2-4-6-14/h2-8,13,15-19H,9-12H2,1H3. The number of hydrogen-bond donors (Lipinski definition) is 0. The van der Waals surface area contributed by atoms with Crippen LogP contribution in [0.3, 0.4) is 0 Å². The van der Waals surface area contributed by atoms with Gasteiger partial charge in [-0.25, -0.2) is 0 Å². The van der Waals surface area contributed by atoms with E-state index in [-0.39, 0.29) is 11.4 Å². The average Bonchev–Trinajstić information content (AvgIpc) is 3.31. The van der Waals surface area contributed by atoms with E-state index in [1.54, 1.807) is 0 Å². The third kappa shape index (κ3) is 1.67. The van der Waals surface area contributed by atoms with Gasteiger partial charge in [-0.3, -0.25) is 4.79 Å². The molecule has 120 valence electrons. The van der Waals surface area contributed by atoms with Crippen LogP contribution in [0.1, 0.15) is 31.7 Å². The lowest BCUT2D eigenvalue weighted by Crippen LogP contribution is -2.48. The van der Waals surface area contributed by atoms with Crippen LogP contribution in [0.2, 0.25) is 0 Å². The summed E-state index contributed by atoms with van der Waals surface area (Å²) >= 11 is 0. The number of allylic oxidation sites excluding steroid dienone is 2. The van der Waals surface area contributed by atoms with E-state index in [1.807, 2.05) is 30.3 Å². The highest BCUT2D eigenvalue weighted by molar-refractivity contribution is 5.80. The summed E-state index contributed by atoms with van der Waals surface area (Å²) in [6.07, 6.45) is 8.38. The van der Waals surface area contributed by atoms with Crippen LogP contribution in [0.25, 0.3) is 0 Å². The Bertz CT molecular complexity index is 664. The van der Waals surface area contributed by atoms with E-state index in [0.717, 1.165) is 17.4 Å². The Morgan fingerprint density at radius 2 is 2.00 bits per heavy atom. The summed E-state index contributed by atoms with van der Waals surface area (Å²) in [6.45, 7) is 2.81. The lowest BCUT2D eigenvalue weighted by Gasteiger charge is -2.44. The molecule has 0 N–H and O–H groups in total. The van der Waals surface area contributed by atoms with Crippen molar-refractivity contribution in [2.75, 3.05) is 0 Å². The summed E-state index contributed by atoms with van der Waals surface area (Å²) in [5.41, 5.74) is 0.898. The number of carbonyl (C=O) groups is 1. The first-order chi connectivity index (χ1) is 11.2. The first kappa shape index (κ1) is 13.8. The molecule has 0 heterocycles. The molecular weight excluding hydrogens is 284 g/mol. The minimum absolute atomic E-state index is 0.0996. The van der Waals surface area contributed by atoms with Gasteiger partial charge in [0.15, 0.2) is 0 Å². The van der Waals surface area contributed by atoms with Gasteiger partial charge in [0.25, 0.3) is 0 Å². The quantitative estimate of drug-likeness (QED) is 0.475. The fourth-order valence-electron chi connectivity index (χ4n) is 6.67. The lowest BCUT2D eigenvalue weighted by atomic mass is 9.59. The summed E-state index contributed by atoms with van der Waals surface area (Å²) in [6, 6.07) is 10.1. The number of fused-ring (bicyclic) bond motifs is 9. The van der Waals surface area contributed by atoms with Gasteiger partial charge >= 0.3 is 5.97 Å². The summed E-state index contributed by atoms with van der Waals surface area (Å²) in [5.74, 6) is 3.79. The predicted octanol–water partition coefficient (Wildman–Crippen LogP) is 4.21. The summed E-state index contributed by atoms with van der Waals surface area (Å²) in [7, 11) is 0. The van der Waals surface area contributed by atoms with Crippen molar-refractivity contribution in [2.45, 2.75) is 32.8 Å². The fourth-order valence-corrected chi connectivity index (χ4v) is 6.67.